The predicted octanol–water partition coefficient (Wildman–Crippen LogP) is 4.31. The summed E-state index contributed by atoms with van der Waals surface area (Å²) < 4.78 is 45.2. The van der Waals surface area contributed by atoms with E-state index in [1.54, 1.807) is 6.92 Å². The summed E-state index contributed by atoms with van der Waals surface area (Å²) in [7, 11) is 1.82. The van der Waals surface area contributed by atoms with Gasteiger partial charge in [0, 0.05) is 19.6 Å². The molecule has 5 nitrogen and oxygen atoms in total. The highest BCUT2D eigenvalue weighted by Crippen LogP contribution is 2.36. The molecule has 31 heavy (non-hydrogen) atoms. The number of carbonyl (C=O) groups excluding carboxylic acids is 1. The molecule has 1 N–H and O–H groups in total. The Morgan fingerprint density at radius 1 is 1.16 bits per heavy atom. The first kappa shape index (κ1) is 23.1. The summed E-state index contributed by atoms with van der Waals surface area (Å²) >= 11 is 0. The molecule has 168 valence electrons. The minimum Gasteiger partial charge on any atom is -0.378 e. The number of rotatable bonds is 6. The number of nitrogens with zero attached hydrogens (tertiary/aromatic N) is 2. The molecular formula is C23H28F3N3O2. The highest BCUT2D eigenvalue weighted by molar-refractivity contribution is 5.97. The summed E-state index contributed by atoms with van der Waals surface area (Å²) in [6, 6.07) is 11.0. The Morgan fingerprint density at radius 3 is 2.42 bits per heavy atom. The number of likely N-dealkylation sites (N-methyl/N-ethyl adjacent to an activating group) is 1. The molecule has 2 aromatic carbocycles. The lowest BCUT2D eigenvalue weighted by atomic mass is 10.1. The van der Waals surface area contributed by atoms with Gasteiger partial charge in [-0.25, -0.2) is 0 Å². The third kappa shape index (κ3) is 5.98. The van der Waals surface area contributed by atoms with Gasteiger partial charge in [-0.1, -0.05) is 29.8 Å². The van der Waals surface area contributed by atoms with E-state index in [1.807, 2.05) is 48.0 Å². The highest BCUT2D eigenvalue weighted by Gasteiger charge is 2.32. The lowest BCUT2D eigenvalue weighted by Gasteiger charge is -2.31. The Balaban J connectivity index is 1.78. The van der Waals surface area contributed by atoms with Gasteiger partial charge in [-0.3, -0.25) is 9.69 Å². The van der Waals surface area contributed by atoms with Crippen molar-refractivity contribution in [3.05, 3.63) is 59.2 Å². The van der Waals surface area contributed by atoms with E-state index in [9.17, 15) is 18.0 Å². The number of nitrogens with one attached hydrogen (secondary N) is 1. The molecule has 1 aliphatic rings. The highest BCUT2D eigenvalue weighted by atomic mass is 19.4. The van der Waals surface area contributed by atoms with Gasteiger partial charge in [0.25, 0.3) is 0 Å². The molecule has 2 aromatic rings. The molecule has 3 rings (SSSR count). The largest absolute Gasteiger partial charge is 0.416 e. The molecule has 0 saturated carbocycles. The standard InChI is InChI=1S/C23H28F3N3O2/c1-16-4-6-18(7-5-16)15-28(3)17(2)22(30)27-20-14-19(23(24,25)26)8-9-21(20)29-10-12-31-13-11-29/h4-9,14,17H,10-13,15H2,1-3H3,(H,27,30)/t17-/m0/s1. The van der Waals surface area contributed by atoms with Crippen LogP contribution in [0.15, 0.2) is 42.5 Å². The average Bonchev–Trinajstić information content (AvgIpc) is 2.74. The van der Waals surface area contributed by atoms with Crippen molar-refractivity contribution in [3.8, 4) is 0 Å². The fraction of sp³-hybridized carbons (Fsp3) is 0.435. The van der Waals surface area contributed by atoms with Crippen LogP contribution in [0.5, 0.6) is 0 Å². The predicted molar refractivity (Wildman–Crippen MR) is 115 cm³/mol. The quantitative estimate of drug-likeness (QED) is 0.735. The molecule has 0 unspecified atom stereocenters. The summed E-state index contributed by atoms with van der Waals surface area (Å²) in [6.45, 7) is 6.38. The zero-order valence-corrected chi connectivity index (χ0v) is 18.0. The Bertz CT molecular complexity index is 894. The first-order valence-electron chi connectivity index (χ1n) is 10.3. The third-order valence-electron chi connectivity index (χ3n) is 5.53. The second kappa shape index (κ2) is 9.70. The fourth-order valence-electron chi connectivity index (χ4n) is 3.45. The minimum absolute atomic E-state index is 0.164. The number of carbonyl (C=O) groups is 1. The van der Waals surface area contributed by atoms with Gasteiger partial charge in [0.2, 0.25) is 5.91 Å². The van der Waals surface area contributed by atoms with E-state index >= 15 is 0 Å². The Hall–Kier alpha value is -2.58. The molecule has 1 heterocycles. The number of ether oxygens (including phenoxy) is 1. The third-order valence-corrected chi connectivity index (χ3v) is 5.53. The molecular weight excluding hydrogens is 407 g/mol. The van der Waals surface area contributed by atoms with Gasteiger partial charge >= 0.3 is 6.18 Å². The van der Waals surface area contributed by atoms with Crippen molar-refractivity contribution >= 4 is 17.3 Å². The van der Waals surface area contributed by atoms with Crippen molar-refractivity contribution in [1.29, 1.82) is 0 Å². The fourth-order valence-corrected chi connectivity index (χ4v) is 3.45. The normalized spacial score (nSPS) is 15.8. The minimum atomic E-state index is -4.49. The monoisotopic (exact) mass is 435 g/mol. The van der Waals surface area contributed by atoms with E-state index in [4.69, 9.17) is 4.74 Å². The SMILES string of the molecule is Cc1ccc(CN(C)[C@@H](C)C(=O)Nc2cc(C(F)(F)F)ccc2N2CCOCC2)cc1. The average molecular weight is 435 g/mol. The van der Waals surface area contributed by atoms with Crippen molar-refractivity contribution in [1.82, 2.24) is 4.90 Å². The molecule has 0 spiro atoms. The molecule has 0 aromatic heterocycles. The summed E-state index contributed by atoms with van der Waals surface area (Å²) in [6.07, 6.45) is -4.49. The second-order valence-electron chi connectivity index (χ2n) is 7.90. The zero-order valence-electron chi connectivity index (χ0n) is 18.0. The molecule has 0 aliphatic carbocycles. The summed E-state index contributed by atoms with van der Waals surface area (Å²) in [5, 5.41) is 2.73. The van der Waals surface area contributed by atoms with Gasteiger partial charge in [0.15, 0.2) is 0 Å². The zero-order chi connectivity index (χ0) is 22.6. The number of hydrogen-bond acceptors (Lipinski definition) is 4. The van der Waals surface area contributed by atoms with Gasteiger partial charge in [-0.05, 0) is 44.7 Å². The summed E-state index contributed by atoms with van der Waals surface area (Å²) in [5.41, 5.74) is 2.15. The molecule has 1 aliphatic heterocycles. The van der Waals surface area contributed by atoms with E-state index in [1.165, 1.54) is 6.07 Å². The van der Waals surface area contributed by atoms with Crippen molar-refractivity contribution in [3.63, 3.8) is 0 Å². The number of benzene rings is 2. The second-order valence-corrected chi connectivity index (χ2v) is 7.90. The first-order chi connectivity index (χ1) is 14.6. The van der Waals surface area contributed by atoms with Crippen LogP contribution in [-0.4, -0.2) is 50.2 Å². The maximum Gasteiger partial charge on any atom is 0.416 e. The first-order valence-corrected chi connectivity index (χ1v) is 10.3. The van der Waals surface area contributed by atoms with Crippen LogP contribution in [0.3, 0.4) is 0 Å². The van der Waals surface area contributed by atoms with Crippen LogP contribution in [0.4, 0.5) is 24.5 Å². The maximum absolute atomic E-state index is 13.3. The molecule has 0 radical (unpaired) electrons. The molecule has 0 bridgehead atoms. The lowest BCUT2D eigenvalue weighted by Crippen LogP contribution is -2.40. The van der Waals surface area contributed by atoms with Gasteiger partial charge in [-0.2, -0.15) is 13.2 Å². The van der Waals surface area contributed by atoms with Crippen LogP contribution < -0.4 is 10.2 Å². The van der Waals surface area contributed by atoms with Gasteiger partial charge in [0.1, 0.15) is 0 Å². The molecule has 1 atom stereocenters. The van der Waals surface area contributed by atoms with Crippen molar-refractivity contribution < 1.29 is 22.7 Å². The summed E-state index contributed by atoms with van der Waals surface area (Å²) in [5.74, 6) is -0.358. The molecule has 1 fully saturated rings. The lowest BCUT2D eigenvalue weighted by molar-refractivity contribution is -0.137. The number of alkyl halides is 3. The molecule has 8 heteroatoms. The number of halogens is 3. The topological polar surface area (TPSA) is 44.8 Å². The van der Waals surface area contributed by atoms with Crippen LogP contribution in [-0.2, 0) is 22.3 Å². The van der Waals surface area contributed by atoms with Crippen molar-refractivity contribution in [2.75, 3.05) is 43.6 Å². The van der Waals surface area contributed by atoms with Crippen molar-refractivity contribution in [2.45, 2.75) is 32.6 Å². The van der Waals surface area contributed by atoms with Crippen LogP contribution in [0.2, 0.25) is 0 Å². The van der Waals surface area contributed by atoms with Crippen LogP contribution in [0.1, 0.15) is 23.6 Å². The maximum atomic E-state index is 13.3. The van der Waals surface area contributed by atoms with Crippen LogP contribution in [0.25, 0.3) is 0 Å². The molecule has 1 saturated heterocycles. The van der Waals surface area contributed by atoms with E-state index in [0.29, 0.717) is 38.5 Å². The Labute approximate surface area is 180 Å². The van der Waals surface area contributed by atoms with E-state index in [2.05, 4.69) is 5.32 Å². The Morgan fingerprint density at radius 2 is 1.81 bits per heavy atom. The summed E-state index contributed by atoms with van der Waals surface area (Å²) in [4.78, 5) is 16.7. The van der Waals surface area contributed by atoms with E-state index in [-0.39, 0.29) is 11.6 Å². The van der Waals surface area contributed by atoms with Crippen LogP contribution in [0, 0.1) is 6.92 Å². The number of morpholine rings is 1. The van der Waals surface area contributed by atoms with Gasteiger partial charge in [-0.15, -0.1) is 0 Å². The molecule has 1 amide bonds. The van der Waals surface area contributed by atoms with E-state index < -0.39 is 17.8 Å². The smallest absolute Gasteiger partial charge is 0.378 e. The van der Waals surface area contributed by atoms with Crippen molar-refractivity contribution in [2.24, 2.45) is 0 Å². The van der Waals surface area contributed by atoms with E-state index in [0.717, 1.165) is 23.3 Å². The number of amides is 1. The number of aryl methyl sites for hydroxylation is 1. The van der Waals surface area contributed by atoms with Gasteiger partial charge in [0.05, 0.1) is 36.2 Å². The van der Waals surface area contributed by atoms with Crippen LogP contribution >= 0.6 is 0 Å². The number of anilines is 2. The van der Waals surface area contributed by atoms with Gasteiger partial charge < -0.3 is 15.0 Å². The number of hydrogen-bond donors (Lipinski definition) is 1. The Kier molecular flexibility index (Phi) is 7.23.